The van der Waals surface area contributed by atoms with E-state index < -0.39 is 6.16 Å². The summed E-state index contributed by atoms with van der Waals surface area (Å²) >= 11 is 1.26. The summed E-state index contributed by atoms with van der Waals surface area (Å²) in [6.07, 6.45) is -0.901. The molecule has 0 aliphatic rings. The van der Waals surface area contributed by atoms with Gasteiger partial charge in [0.1, 0.15) is 12.4 Å². The van der Waals surface area contributed by atoms with Gasteiger partial charge in [-0.15, -0.1) is 11.3 Å². The number of ketones is 1. The summed E-state index contributed by atoms with van der Waals surface area (Å²) in [6.45, 7) is 1.49. The van der Waals surface area contributed by atoms with Gasteiger partial charge in [-0.3, -0.25) is 4.79 Å². The summed E-state index contributed by atoms with van der Waals surface area (Å²) in [6, 6.07) is 7.58. The number of methoxy groups -OCH3 is 1. The van der Waals surface area contributed by atoms with E-state index in [0.717, 1.165) is 4.88 Å². The normalized spacial score (nSPS) is 10.1. The smallest absolute Gasteiger partial charge is 0.504 e. The van der Waals surface area contributed by atoms with Gasteiger partial charge in [0.25, 0.3) is 0 Å². The summed E-state index contributed by atoms with van der Waals surface area (Å²) in [4.78, 5) is 24.1. The fourth-order valence-electron chi connectivity index (χ4n) is 1.63. The maximum atomic E-state index is 11.6. The van der Waals surface area contributed by atoms with Crippen LogP contribution >= 0.6 is 11.3 Å². The zero-order valence-corrected chi connectivity index (χ0v) is 12.8. The molecular weight excluding hydrogens is 308 g/mol. The number of thiophene rings is 1. The summed E-state index contributed by atoms with van der Waals surface area (Å²) in [5, 5.41) is 9.58. The van der Waals surface area contributed by atoms with Crippen molar-refractivity contribution in [2.24, 2.45) is 0 Å². The van der Waals surface area contributed by atoms with E-state index in [4.69, 9.17) is 14.2 Å². The Morgan fingerprint density at radius 2 is 2.00 bits per heavy atom. The van der Waals surface area contributed by atoms with E-state index in [1.807, 2.05) is 0 Å². The summed E-state index contributed by atoms with van der Waals surface area (Å²) in [7, 11) is 1.42. The number of aromatic hydroxyl groups is 1. The molecule has 2 aromatic rings. The van der Waals surface area contributed by atoms with Crippen molar-refractivity contribution in [2.75, 3.05) is 7.11 Å². The van der Waals surface area contributed by atoms with Crippen molar-refractivity contribution in [3.8, 4) is 17.2 Å². The number of phenolic OH excluding ortho intramolecular Hbond substituents is 1. The lowest BCUT2D eigenvalue weighted by atomic mass is 10.3. The zero-order chi connectivity index (χ0) is 16.1. The Morgan fingerprint density at radius 1 is 1.23 bits per heavy atom. The highest BCUT2D eigenvalue weighted by atomic mass is 32.1. The maximum absolute atomic E-state index is 11.6. The van der Waals surface area contributed by atoms with E-state index in [1.54, 1.807) is 12.1 Å². The Kier molecular flexibility index (Phi) is 5.00. The van der Waals surface area contributed by atoms with E-state index in [9.17, 15) is 14.7 Å². The van der Waals surface area contributed by atoms with Gasteiger partial charge in [-0.05, 0) is 31.2 Å². The van der Waals surface area contributed by atoms with Crippen molar-refractivity contribution in [1.29, 1.82) is 0 Å². The minimum absolute atomic E-state index is 0.0128. The van der Waals surface area contributed by atoms with Gasteiger partial charge in [0.2, 0.25) is 0 Å². The highest BCUT2D eigenvalue weighted by Gasteiger charge is 2.11. The molecular formula is C15H14O6S. The molecule has 0 amide bonds. The molecule has 0 radical (unpaired) electrons. The number of ether oxygens (including phenoxy) is 3. The molecule has 0 fully saturated rings. The van der Waals surface area contributed by atoms with E-state index >= 15 is 0 Å². The number of hydrogen-bond acceptors (Lipinski definition) is 7. The van der Waals surface area contributed by atoms with Crippen LogP contribution in [0.25, 0.3) is 0 Å². The number of hydrogen-bond donors (Lipinski definition) is 1. The van der Waals surface area contributed by atoms with E-state index in [1.165, 1.54) is 43.6 Å². The molecule has 0 aliphatic heterocycles. The Bertz CT molecular complexity index is 691. The van der Waals surface area contributed by atoms with Crippen LogP contribution in [0.3, 0.4) is 0 Å². The van der Waals surface area contributed by atoms with Gasteiger partial charge >= 0.3 is 6.16 Å². The molecule has 116 valence electrons. The first-order valence-corrected chi connectivity index (χ1v) is 7.12. The molecule has 1 aromatic carbocycles. The SMILES string of the molecule is COc1ccc(OC(=O)OCc2ccc(C(C)=O)s2)cc1O. The predicted octanol–water partition coefficient (Wildman–Crippen LogP) is 3.38. The van der Waals surface area contributed by atoms with E-state index in [-0.39, 0.29) is 29.6 Å². The lowest BCUT2D eigenvalue weighted by molar-refractivity contribution is 0.0935. The number of phenols is 1. The predicted molar refractivity (Wildman–Crippen MR) is 79.8 cm³/mol. The van der Waals surface area contributed by atoms with Crippen LogP contribution in [0.5, 0.6) is 17.2 Å². The first-order chi connectivity index (χ1) is 10.5. The first-order valence-electron chi connectivity index (χ1n) is 6.31. The van der Waals surface area contributed by atoms with Gasteiger partial charge < -0.3 is 19.3 Å². The van der Waals surface area contributed by atoms with Gasteiger partial charge in [-0.1, -0.05) is 0 Å². The molecule has 0 atom stereocenters. The molecule has 0 bridgehead atoms. The third kappa shape index (κ3) is 3.98. The molecule has 2 rings (SSSR count). The summed E-state index contributed by atoms with van der Waals surface area (Å²) < 4.78 is 14.8. The van der Waals surface area contributed by atoms with Crippen LogP contribution in [0.15, 0.2) is 30.3 Å². The number of benzene rings is 1. The fourth-order valence-corrected chi connectivity index (χ4v) is 2.45. The van der Waals surface area contributed by atoms with Crippen LogP contribution in [-0.2, 0) is 11.3 Å². The third-order valence-electron chi connectivity index (χ3n) is 2.69. The monoisotopic (exact) mass is 322 g/mol. The van der Waals surface area contributed by atoms with Crippen LogP contribution in [0, 0.1) is 0 Å². The molecule has 1 aromatic heterocycles. The topological polar surface area (TPSA) is 82.1 Å². The van der Waals surface area contributed by atoms with Crippen molar-refractivity contribution in [3.05, 3.63) is 40.1 Å². The van der Waals surface area contributed by atoms with Crippen molar-refractivity contribution in [3.63, 3.8) is 0 Å². The Morgan fingerprint density at radius 3 is 2.59 bits per heavy atom. The minimum Gasteiger partial charge on any atom is -0.504 e. The van der Waals surface area contributed by atoms with Gasteiger partial charge in [0.15, 0.2) is 17.3 Å². The summed E-state index contributed by atoms with van der Waals surface area (Å²) in [5.74, 6) is 0.236. The number of Topliss-reactive ketones (excluding diaryl/α,β-unsaturated/α-hetero) is 1. The molecule has 0 unspecified atom stereocenters. The Labute approximate surface area is 130 Å². The molecule has 0 spiro atoms. The van der Waals surface area contributed by atoms with Crippen LogP contribution in [0.1, 0.15) is 21.5 Å². The highest BCUT2D eigenvalue weighted by molar-refractivity contribution is 7.14. The van der Waals surface area contributed by atoms with Crippen LogP contribution in [-0.4, -0.2) is 24.2 Å². The molecule has 0 aliphatic carbocycles. The van der Waals surface area contributed by atoms with Gasteiger partial charge in [0, 0.05) is 10.9 Å². The largest absolute Gasteiger partial charge is 0.514 e. The second-order valence-electron chi connectivity index (χ2n) is 4.30. The number of carbonyl (C=O) groups is 2. The van der Waals surface area contributed by atoms with Gasteiger partial charge in [-0.25, -0.2) is 4.79 Å². The van der Waals surface area contributed by atoms with Gasteiger partial charge in [0.05, 0.1) is 12.0 Å². The van der Waals surface area contributed by atoms with Gasteiger partial charge in [-0.2, -0.15) is 0 Å². The highest BCUT2D eigenvalue weighted by Crippen LogP contribution is 2.30. The average Bonchev–Trinajstić information content (AvgIpc) is 2.94. The maximum Gasteiger partial charge on any atom is 0.514 e. The second kappa shape index (κ2) is 6.95. The van der Waals surface area contributed by atoms with E-state index in [0.29, 0.717) is 4.88 Å². The van der Waals surface area contributed by atoms with Crippen molar-refractivity contribution >= 4 is 23.3 Å². The summed E-state index contributed by atoms with van der Waals surface area (Å²) in [5.41, 5.74) is 0. The lowest BCUT2D eigenvalue weighted by Gasteiger charge is -2.07. The van der Waals surface area contributed by atoms with Crippen LogP contribution < -0.4 is 9.47 Å². The number of rotatable bonds is 5. The molecule has 22 heavy (non-hydrogen) atoms. The molecule has 0 saturated heterocycles. The van der Waals surface area contributed by atoms with Crippen molar-refractivity contribution in [1.82, 2.24) is 0 Å². The molecule has 6 nitrogen and oxygen atoms in total. The average molecular weight is 322 g/mol. The Hall–Kier alpha value is -2.54. The van der Waals surface area contributed by atoms with Crippen LogP contribution in [0.2, 0.25) is 0 Å². The lowest BCUT2D eigenvalue weighted by Crippen LogP contribution is -2.09. The molecule has 1 heterocycles. The van der Waals surface area contributed by atoms with Crippen molar-refractivity contribution in [2.45, 2.75) is 13.5 Å². The minimum atomic E-state index is -0.901. The zero-order valence-electron chi connectivity index (χ0n) is 12.0. The fraction of sp³-hybridized carbons (Fsp3) is 0.200. The molecule has 0 saturated carbocycles. The second-order valence-corrected chi connectivity index (χ2v) is 5.46. The quantitative estimate of drug-likeness (QED) is 0.516. The third-order valence-corrected chi connectivity index (χ3v) is 3.85. The number of carbonyl (C=O) groups excluding carboxylic acids is 2. The first kappa shape index (κ1) is 15.8. The van der Waals surface area contributed by atoms with E-state index in [2.05, 4.69) is 0 Å². The molecule has 7 heteroatoms. The van der Waals surface area contributed by atoms with Crippen LogP contribution in [0.4, 0.5) is 4.79 Å². The standard InChI is InChI=1S/C15H14O6S/c1-9(16)14-6-4-11(22-14)8-20-15(18)21-10-3-5-13(19-2)12(17)7-10/h3-7,17H,8H2,1-2H3. The Balaban J connectivity index is 1.89. The van der Waals surface area contributed by atoms with Crippen molar-refractivity contribution < 1.29 is 28.9 Å². The molecule has 1 N–H and O–H groups in total.